The third-order valence-corrected chi connectivity index (χ3v) is 6.76. The molecule has 1 spiro atoms. The van der Waals surface area contributed by atoms with Crippen LogP contribution in [-0.2, 0) is 9.53 Å². The maximum Gasteiger partial charge on any atom is 0.410 e. The standard InChI is InChI=1S/C19H24N2O4S/c22-16(15-5-4-12-26-15)17(23)20-10-6-14(7-11-20)21-13-19(25-18(21)24)8-2-1-3-9-19/h4-5,12,14H,1-3,6-11,13H2. The minimum atomic E-state index is -0.432. The first kappa shape index (κ1) is 17.5. The van der Waals surface area contributed by atoms with Gasteiger partial charge in [-0.3, -0.25) is 9.59 Å². The summed E-state index contributed by atoms with van der Waals surface area (Å²) in [6, 6.07) is 3.56. The van der Waals surface area contributed by atoms with E-state index in [1.807, 2.05) is 4.90 Å². The number of Topliss-reactive ketones (excluding diaryl/α,β-unsaturated/α-hetero) is 1. The van der Waals surface area contributed by atoms with Crippen molar-refractivity contribution in [3.63, 3.8) is 0 Å². The number of rotatable bonds is 3. The Kier molecular flexibility index (Phi) is 4.73. The van der Waals surface area contributed by atoms with Crippen LogP contribution in [0.3, 0.4) is 0 Å². The van der Waals surface area contributed by atoms with Crippen LogP contribution in [0.4, 0.5) is 4.79 Å². The van der Waals surface area contributed by atoms with Crippen molar-refractivity contribution < 1.29 is 19.1 Å². The molecule has 1 aromatic heterocycles. The fourth-order valence-electron chi connectivity index (χ4n) is 4.42. The van der Waals surface area contributed by atoms with Crippen LogP contribution in [0.5, 0.6) is 0 Å². The van der Waals surface area contributed by atoms with E-state index in [9.17, 15) is 14.4 Å². The van der Waals surface area contributed by atoms with Crippen LogP contribution < -0.4 is 0 Å². The van der Waals surface area contributed by atoms with E-state index in [1.54, 1.807) is 22.4 Å². The van der Waals surface area contributed by atoms with Crippen LogP contribution in [0.25, 0.3) is 0 Å². The van der Waals surface area contributed by atoms with Crippen molar-refractivity contribution in [2.24, 2.45) is 0 Å². The Hall–Kier alpha value is -1.89. The number of thiophene rings is 1. The third-order valence-electron chi connectivity index (χ3n) is 5.89. The molecule has 0 N–H and O–H groups in total. The van der Waals surface area contributed by atoms with E-state index in [2.05, 4.69) is 0 Å². The monoisotopic (exact) mass is 376 g/mol. The van der Waals surface area contributed by atoms with Crippen LogP contribution in [0.1, 0.15) is 54.6 Å². The Balaban J connectivity index is 1.34. The molecule has 3 fully saturated rings. The molecule has 140 valence electrons. The number of amides is 2. The summed E-state index contributed by atoms with van der Waals surface area (Å²) in [6.45, 7) is 1.70. The van der Waals surface area contributed by atoms with Gasteiger partial charge in [0.05, 0.1) is 11.4 Å². The number of hydrogen-bond acceptors (Lipinski definition) is 5. The molecule has 7 heteroatoms. The van der Waals surface area contributed by atoms with Gasteiger partial charge in [0, 0.05) is 19.1 Å². The Morgan fingerprint density at radius 3 is 2.54 bits per heavy atom. The first-order valence-corrected chi connectivity index (χ1v) is 10.3. The van der Waals surface area contributed by atoms with Gasteiger partial charge < -0.3 is 14.5 Å². The molecular formula is C19H24N2O4S. The molecule has 2 saturated heterocycles. The summed E-state index contributed by atoms with van der Waals surface area (Å²) in [4.78, 5) is 41.0. The highest BCUT2D eigenvalue weighted by molar-refractivity contribution is 7.13. The molecule has 0 atom stereocenters. The highest BCUT2D eigenvalue weighted by atomic mass is 32.1. The van der Waals surface area contributed by atoms with Gasteiger partial charge in [0.1, 0.15) is 5.60 Å². The summed E-state index contributed by atoms with van der Waals surface area (Å²) in [5, 5.41) is 1.80. The van der Waals surface area contributed by atoms with Crippen LogP contribution >= 0.6 is 11.3 Å². The summed E-state index contributed by atoms with van der Waals surface area (Å²) in [5.74, 6) is -0.862. The van der Waals surface area contributed by atoms with Gasteiger partial charge in [-0.1, -0.05) is 12.5 Å². The number of carbonyl (C=O) groups is 3. The van der Waals surface area contributed by atoms with Crippen molar-refractivity contribution in [2.75, 3.05) is 19.6 Å². The number of nitrogens with zero attached hydrogens (tertiary/aromatic N) is 2. The normalized spacial score (nSPS) is 23.3. The van der Waals surface area contributed by atoms with Gasteiger partial charge in [-0.2, -0.15) is 0 Å². The Labute approximate surface area is 157 Å². The molecule has 6 nitrogen and oxygen atoms in total. The smallest absolute Gasteiger partial charge is 0.410 e. The summed E-state index contributed by atoms with van der Waals surface area (Å²) in [7, 11) is 0. The molecule has 26 heavy (non-hydrogen) atoms. The summed E-state index contributed by atoms with van der Waals surface area (Å²) in [6.07, 6.45) is 6.59. The van der Waals surface area contributed by atoms with Crippen LogP contribution in [-0.4, -0.2) is 58.9 Å². The molecule has 3 aliphatic rings. The van der Waals surface area contributed by atoms with Crippen LogP contribution in [0.2, 0.25) is 0 Å². The number of hydrogen-bond donors (Lipinski definition) is 0. The number of ether oxygens (including phenoxy) is 1. The number of likely N-dealkylation sites (tertiary alicyclic amines) is 1. The second-order valence-electron chi connectivity index (χ2n) is 7.57. The fraction of sp³-hybridized carbons (Fsp3) is 0.632. The maximum absolute atomic E-state index is 12.4. The maximum atomic E-state index is 12.4. The van der Waals surface area contributed by atoms with Gasteiger partial charge >= 0.3 is 6.09 Å². The fourth-order valence-corrected chi connectivity index (χ4v) is 5.08. The highest BCUT2D eigenvalue weighted by Gasteiger charge is 2.48. The summed E-state index contributed by atoms with van der Waals surface area (Å²) in [5.41, 5.74) is -0.280. The number of carbonyl (C=O) groups excluding carboxylic acids is 3. The Morgan fingerprint density at radius 2 is 1.88 bits per heavy atom. The zero-order valence-corrected chi connectivity index (χ0v) is 15.6. The van der Waals surface area contributed by atoms with E-state index in [0.717, 1.165) is 25.7 Å². The Morgan fingerprint density at radius 1 is 1.15 bits per heavy atom. The highest BCUT2D eigenvalue weighted by Crippen LogP contribution is 2.38. The Bertz CT molecular complexity index is 688. The van der Waals surface area contributed by atoms with Crippen molar-refractivity contribution in [3.8, 4) is 0 Å². The molecule has 3 heterocycles. The van der Waals surface area contributed by atoms with E-state index < -0.39 is 11.7 Å². The van der Waals surface area contributed by atoms with Crippen LogP contribution in [0.15, 0.2) is 17.5 Å². The molecule has 2 aliphatic heterocycles. The lowest BCUT2D eigenvalue weighted by molar-refractivity contribution is -0.127. The van der Waals surface area contributed by atoms with E-state index in [1.165, 1.54) is 17.8 Å². The zero-order valence-electron chi connectivity index (χ0n) is 14.8. The molecular weight excluding hydrogens is 352 g/mol. The zero-order chi connectivity index (χ0) is 18.1. The first-order chi connectivity index (χ1) is 12.6. The van der Waals surface area contributed by atoms with E-state index in [4.69, 9.17) is 4.74 Å². The third kappa shape index (κ3) is 3.24. The van der Waals surface area contributed by atoms with Gasteiger partial charge in [-0.25, -0.2) is 4.79 Å². The van der Waals surface area contributed by atoms with Crippen LogP contribution in [0, 0.1) is 0 Å². The number of ketones is 1. The molecule has 0 bridgehead atoms. The largest absolute Gasteiger partial charge is 0.441 e. The second kappa shape index (κ2) is 7.02. The van der Waals surface area contributed by atoms with Crippen molar-refractivity contribution >= 4 is 29.1 Å². The molecule has 0 aromatic carbocycles. The van der Waals surface area contributed by atoms with Gasteiger partial charge in [-0.15, -0.1) is 11.3 Å². The average Bonchev–Trinajstić information content (AvgIpc) is 3.30. The van der Waals surface area contributed by atoms with E-state index in [-0.39, 0.29) is 17.7 Å². The van der Waals surface area contributed by atoms with Gasteiger partial charge in [0.15, 0.2) is 0 Å². The van der Waals surface area contributed by atoms with Gasteiger partial charge in [0.25, 0.3) is 11.7 Å². The van der Waals surface area contributed by atoms with E-state index >= 15 is 0 Å². The predicted molar refractivity (Wildman–Crippen MR) is 97.3 cm³/mol. The summed E-state index contributed by atoms with van der Waals surface area (Å²) < 4.78 is 5.77. The minimum Gasteiger partial charge on any atom is -0.441 e. The van der Waals surface area contributed by atoms with E-state index in [0.29, 0.717) is 37.4 Å². The molecule has 4 rings (SSSR count). The minimum absolute atomic E-state index is 0.102. The number of piperidine rings is 1. The molecule has 1 aromatic rings. The SMILES string of the molecule is O=C(C(=O)N1CCC(N2CC3(CCCCC3)OC2=O)CC1)c1cccs1. The van der Waals surface area contributed by atoms with Crippen molar-refractivity contribution in [1.82, 2.24) is 9.80 Å². The molecule has 1 saturated carbocycles. The molecule has 1 aliphatic carbocycles. The quantitative estimate of drug-likeness (QED) is 0.601. The molecule has 0 radical (unpaired) electrons. The lowest BCUT2D eigenvalue weighted by Crippen LogP contribution is -2.49. The lowest BCUT2D eigenvalue weighted by atomic mass is 9.84. The molecule has 0 unspecified atom stereocenters. The van der Waals surface area contributed by atoms with Gasteiger partial charge in [-0.05, 0) is 50.0 Å². The van der Waals surface area contributed by atoms with Crippen molar-refractivity contribution in [2.45, 2.75) is 56.6 Å². The van der Waals surface area contributed by atoms with Crippen molar-refractivity contribution in [3.05, 3.63) is 22.4 Å². The lowest BCUT2D eigenvalue weighted by Gasteiger charge is -2.36. The average molecular weight is 376 g/mol. The summed E-state index contributed by atoms with van der Waals surface area (Å²) >= 11 is 1.29. The van der Waals surface area contributed by atoms with Crippen molar-refractivity contribution in [1.29, 1.82) is 0 Å². The van der Waals surface area contributed by atoms with Gasteiger partial charge in [0.2, 0.25) is 0 Å². The molecule has 2 amide bonds. The predicted octanol–water partition coefficient (Wildman–Crippen LogP) is 3.08. The second-order valence-corrected chi connectivity index (χ2v) is 8.52. The topological polar surface area (TPSA) is 66.9 Å². The first-order valence-electron chi connectivity index (χ1n) is 9.45.